The molecule has 0 aliphatic carbocycles. The van der Waals surface area contributed by atoms with Crippen molar-refractivity contribution in [3.05, 3.63) is 29.8 Å². The van der Waals surface area contributed by atoms with E-state index >= 15 is 0 Å². The highest BCUT2D eigenvalue weighted by Crippen LogP contribution is 2.40. The predicted octanol–water partition coefficient (Wildman–Crippen LogP) is 2.83. The van der Waals surface area contributed by atoms with E-state index in [9.17, 15) is 14.4 Å². The Bertz CT molecular complexity index is 715. The molecule has 2 amide bonds. The molecule has 0 N–H and O–H groups in total. The van der Waals surface area contributed by atoms with Crippen LogP contribution >= 0.6 is 0 Å². The molecule has 2 heterocycles. The first-order valence-corrected chi connectivity index (χ1v) is 9.74. The highest BCUT2D eigenvalue weighted by molar-refractivity contribution is 6.03. The number of anilines is 1. The maximum atomic E-state index is 13.4. The van der Waals surface area contributed by atoms with Gasteiger partial charge in [-0.05, 0) is 51.2 Å². The molecule has 6 nitrogen and oxygen atoms in total. The molecule has 2 aliphatic rings. The number of amides is 2. The quantitative estimate of drug-likeness (QED) is 0.746. The minimum absolute atomic E-state index is 0.0319. The molecule has 1 aromatic carbocycles. The minimum atomic E-state index is -0.717. The molecule has 0 aromatic heterocycles. The molecule has 2 fully saturated rings. The van der Waals surface area contributed by atoms with E-state index in [4.69, 9.17) is 0 Å². The Balaban J connectivity index is 1.74. The summed E-state index contributed by atoms with van der Waals surface area (Å²) in [6.45, 7) is 3.33. The Hall–Kier alpha value is -2.37. The van der Waals surface area contributed by atoms with Gasteiger partial charge in [-0.15, -0.1) is 0 Å². The zero-order valence-corrected chi connectivity index (χ0v) is 16.2. The molecule has 2 aliphatic heterocycles. The molecule has 27 heavy (non-hydrogen) atoms. The summed E-state index contributed by atoms with van der Waals surface area (Å²) < 4.78 is 4.63. The van der Waals surface area contributed by atoms with Gasteiger partial charge in [-0.25, -0.2) is 0 Å². The van der Waals surface area contributed by atoms with Crippen molar-refractivity contribution < 1.29 is 19.1 Å². The lowest BCUT2D eigenvalue weighted by atomic mass is 9.84. The third kappa shape index (κ3) is 3.84. The third-order valence-electron chi connectivity index (χ3n) is 5.75. The summed E-state index contributed by atoms with van der Waals surface area (Å²) in [5.41, 5.74) is 1.33. The second-order valence-corrected chi connectivity index (χ2v) is 7.51. The first kappa shape index (κ1) is 19.4. The number of piperidine rings is 1. The molecule has 6 heteroatoms. The molecular weight excluding hydrogens is 344 g/mol. The van der Waals surface area contributed by atoms with E-state index in [-0.39, 0.29) is 30.6 Å². The number of methoxy groups -OCH3 is 1. The third-order valence-corrected chi connectivity index (χ3v) is 5.75. The number of ether oxygens (including phenoxy) is 1. The number of benzene rings is 1. The topological polar surface area (TPSA) is 66.9 Å². The van der Waals surface area contributed by atoms with Gasteiger partial charge in [-0.3, -0.25) is 14.4 Å². The molecule has 1 unspecified atom stereocenters. The van der Waals surface area contributed by atoms with Crippen LogP contribution in [0.2, 0.25) is 0 Å². The Morgan fingerprint density at radius 3 is 2.41 bits per heavy atom. The van der Waals surface area contributed by atoms with E-state index in [2.05, 4.69) is 4.74 Å². The fraction of sp³-hybridized carbons (Fsp3) is 0.571. The average molecular weight is 372 g/mol. The van der Waals surface area contributed by atoms with Crippen LogP contribution in [0, 0.1) is 6.92 Å². The summed E-state index contributed by atoms with van der Waals surface area (Å²) in [5, 5.41) is 0. The van der Waals surface area contributed by atoms with Gasteiger partial charge < -0.3 is 14.5 Å². The smallest absolute Gasteiger partial charge is 0.305 e. The van der Waals surface area contributed by atoms with Gasteiger partial charge in [-0.1, -0.05) is 17.7 Å². The van der Waals surface area contributed by atoms with E-state index in [0.29, 0.717) is 19.5 Å². The second kappa shape index (κ2) is 8.11. The molecule has 0 saturated carbocycles. The zero-order chi connectivity index (χ0) is 19.4. The molecule has 3 rings (SSSR count). The normalized spacial score (nSPS) is 22.4. The number of hydrogen-bond acceptors (Lipinski definition) is 4. The Kier molecular flexibility index (Phi) is 5.82. The van der Waals surface area contributed by atoms with Crippen LogP contribution < -0.4 is 4.90 Å². The van der Waals surface area contributed by atoms with Gasteiger partial charge in [0, 0.05) is 31.6 Å². The van der Waals surface area contributed by atoms with E-state index < -0.39 is 5.54 Å². The SMILES string of the molecule is COC(=O)CCCC(=O)N1CCCC12CCCN(c1ccc(C)cc1)C2=O. The van der Waals surface area contributed by atoms with Crippen LogP contribution in [0.25, 0.3) is 0 Å². The summed E-state index contributed by atoms with van der Waals surface area (Å²) in [6, 6.07) is 7.97. The number of hydrogen-bond donors (Lipinski definition) is 0. The average Bonchev–Trinajstić information content (AvgIpc) is 3.09. The van der Waals surface area contributed by atoms with Crippen LogP contribution in [0.15, 0.2) is 24.3 Å². The van der Waals surface area contributed by atoms with Gasteiger partial charge >= 0.3 is 5.97 Å². The van der Waals surface area contributed by atoms with Gasteiger partial charge in [0.15, 0.2) is 0 Å². The van der Waals surface area contributed by atoms with Crippen LogP contribution in [-0.4, -0.2) is 48.4 Å². The summed E-state index contributed by atoms with van der Waals surface area (Å²) in [5.74, 6) is -0.301. The lowest BCUT2D eigenvalue weighted by Gasteiger charge is -2.44. The van der Waals surface area contributed by atoms with Gasteiger partial charge in [0.2, 0.25) is 5.91 Å². The number of rotatable bonds is 5. The maximum Gasteiger partial charge on any atom is 0.305 e. The lowest BCUT2D eigenvalue weighted by molar-refractivity contribution is -0.146. The van der Waals surface area contributed by atoms with E-state index in [0.717, 1.165) is 36.9 Å². The van der Waals surface area contributed by atoms with Gasteiger partial charge in [-0.2, -0.15) is 0 Å². The van der Waals surface area contributed by atoms with E-state index in [1.54, 1.807) is 4.90 Å². The standard InChI is InChI=1S/C21H28N2O4/c1-16-8-10-17(11-9-16)22-14-4-12-21(20(22)26)13-5-15-23(21)18(24)6-3-7-19(25)27-2/h8-11H,3-7,12-15H2,1-2H3. The first-order chi connectivity index (χ1) is 13.0. The first-order valence-electron chi connectivity index (χ1n) is 9.74. The van der Waals surface area contributed by atoms with E-state index in [1.165, 1.54) is 7.11 Å². The number of esters is 1. The van der Waals surface area contributed by atoms with Crippen LogP contribution in [0.3, 0.4) is 0 Å². The second-order valence-electron chi connectivity index (χ2n) is 7.51. The van der Waals surface area contributed by atoms with E-state index in [1.807, 2.05) is 36.1 Å². The summed E-state index contributed by atoms with van der Waals surface area (Å²) in [7, 11) is 1.35. The van der Waals surface area contributed by atoms with Crippen molar-refractivity contribution in [1.82, 2.24) is 4.90 Å². The largest absolute Gasteiger partial charge is 0.469 e. The number of likely N-dealkylation sites (tertiary alicyclic amines) is 1. The molecular formula is C21H28N2O4. The van der Waals surface area contributed by atoms with Crippen molar-refractivity contribution in [2.75, 3.05) is 25.1 Å². The lowest BCUT2D eigenvalue weighted by Crippen LogP contribution is -2.61. The fourth-order valence-corrected chi connectivity index (χ4v) is 4.31. The van der Waals surface area contributed by atoms with Crippen molar-refractivity contribution in [2.24, 2.45) is 0 Å². The number of carbonyl (C=O) groups excluding carboxylic acids is 3. The Morgan fingerprint density at radius 1 is 1.07 bits per heavy atom. The highest BCUT2D eigenvalue weighted by Gasteiger charge is 2.52. The van der Waals surface area contributed by atoms with Crippen LogP contribution in [0.1, 0.15) is 50.5 Å². The van der Waals surface area contributed by atoms with Crippen LogP contribution in [-0.2, 0) is 19.1 Å². The van der Waals surface area contributed by atoms with Gasteiger partial charge in [0.05, 0.1) is 7.11 Å². The molecule has 2 saturated heterocycles. The molecule has 0 bridgehead atoms. The van der Waals surface area contributed by atoms with Gasteiger partial charge in [0.25, 0.3) is 5.91 Å². The number of carbonyl (C=O) groups is 3. The fourth-order valence-electron chi connectivity index (χ4n) is 4.31. The minimum Gasteiger partial charge on any atom is -0.469 e. The highest BCUT2D eigenvalue weighted by atomic mass is 16.5. The Morgan fingerprint density at radius 2 is 1.74 bits per heavy atom. The Labute approximate surface area is 160 Å². The molecule has 1 spiro atoms. The predicted molar refractivity (Wildman–Crippen MR) is 102 cm³/mol. The summed E-state index contributed by atoms with van der Waals surface area (Å²) >= 11 is 0. The van der Waals surface area contributed by atoms with Crippen LogP contribution in [0.5, 0.6) is 0 Å². The monoisotopic (exact) mass is 372 g/mol. The van der Waals surface area contributed by atoms with Crippen molar-refractivity contribution in [2.45, 2.75) is 57.4 Å². The van der Waals surface area contributed by atoms with Crippen molar-refractivity contribution in [1.29, 1.82) is 0 Å². The molecule has 146 valence electrons. The number of aryl methyl sites for hydroxylation is 1. The summed E-state index contributed by atoms with van der Waals surface area (Å²) in [6.07, 6.45) is 4.12. The van der Waals surface area contributed by atoms with Gasteiger partial charge in [0.1, 0.15) is 5.54 Å². The summed E-state index contributed by atoms with van der Waals surface area (Å²) in [4.78, 5) is 41.2. The molecule has 1 atom stereocenters. The molecule has 1 aromatic rings. The molecule has 0 radical (unpaired) electrons. The zero-order valence-electron chi connectivity index (χ0n) is 16.2. The van der Waals surface area contributed by atoms with Crippen LogP contribution in [0.4, 0.5) is 5.69 Å². The van der Waals surface area contributed by atoms with Crippen molar-refractivity contribution >= 4 is 23.5 Å². The number of nitrogens with zero attached hydrogens (tertiary/aromatic N) is 2. The van der Waals surface area contributed by atoms with Crippen molar-refractivity contribution in [3.8, 4) is 0 Å². The maximum absolute atomic E-state index is 13.4. The van der Waals surface area contributed by atoms with Crippen molar-refractivity contribution in [3.63, 3.8) is 0 Å².